The highest BCUT2D eigenvalue weighted by atomic mass is 32.2. The van der Waals surface area contributed by atoms with Crippen LogP contribution in [0, 0.1) is 0 Å². The summed E-state index contributed by atoms with van der Waals surface area (Å²) in [5.41, 5.74) is 1.54. The van der Waals surface area contributed by atoms with Crippen LogP contribution in [0.15, 0.2) is 82.6 Å². The number of anilines is 2. The SMILES string of the molecule is O=C(OCC(=O)N1c2ccccc2Sc2ccccc21)c1ccccc1O. The molecular formula is C21H15NO4S. The molecule has 4 rings (SSSR count). The number of carbonyl (C=O) groups is 2. The monoisotopic (exact) mass is 377 g/mol. The number of esters is 1. The summed E-state index contributed by atoms with van der Waals surface area (Å²) >= 11 is 1.59. The summed E-state index contributed by atoms with van der Waals surface area (Å²) in [4.78, 5) is 28.6. The van der Waals surface area contributed by atoms with Crippen LogP contribution in [0.2, 0.25) is 0 Å². The van der Waals surface area contributed by atoms with Crippen LogP contribution in [0.5, 0.6) is 5.75 Å². The first kappa shape index (κ1) is 17.2. The predicted molar refractivity (Wildman–Crippen MR) is 103 cm³/mol. The van der Waals surface area contributed by atoms with Gasteiger partial charge >= 0.3 is 5.97 Å². The highest BCUT2D eigenvalue weighted by Gasteiger charge is 2.28. The van der Waals surface area contributed by atoms with Crippen molar-refractivity contribution in [3.8, 4) is 5.75 Å². The third-order valence-corrected chi connectivity index (χ3v) is 5.26. The minimum Gasteiger partial charge on any atom is -0.507 e. The molecule has 0 spiro atoms. The highest BCUT2D eigenvalue weighted by molar-refractivity contribution is 7.99. The van der Waals surface area contributed by atoms with Gasteiger partial charge in [0.15, 0.2) is 6.61 Å². The van der Waals surface area contributed by atoms with Gasteiger partial charge in [0, 0.05) is 9.79 Å². The zero-order chi connectivity index (χ0) is 18.8. The number of amides is 1. The van der Waals surface area contributed by atoms with Gasteiger partial charge in [0.05, 0.1) is 11.4 Å². The molecule has 0 atom stereocenters. The number of phenolic OH excluding ortho intramolecular Hbond substituents is 1. The summed E-state index contributed by atoms with van der Waals surface area (Å²) in [5, 5.41) is 9.76. The highest BCUT2D eigenvalue weighted by Crippen LogP contribution is 2.47. The van der Waals surface area contributed by atoms with Crippen LogP contribution in [0.4, 0.5) is 11.4 Å². The molecule has 1 N–H and O–H groups in total. The van der Waals surface area contributed by atoms with Crippen molar-refractivity contribution in [3.63, 3.8) is 0 Å². The van der Waals surface area contributed by atoms with E-state index in [0.29, 0.717) is 0 Å². The second kappa shape index (κ2) is 7.17. The van der Waals surface area contributed by atoms with Crippen LogP contribution in [-0.2, 0) is 9.53 Å². The Morgan fingerprint density at radius 1 is 0.852 bits per heavy atom. The van der Waals surface area contributed by atoms with E-state index in [1.807, 2.05) is 48.5 Å². The number of hydrogen-bond acceptors (Lipinski definition) is 5. The molecule has 3 aromatic rings. The Labute approximate surface area is 160 Å². The maximum Gasteiger partial charge on any atom is 0.342 e. The molecule has 0 fully saturated rings. The quantitative estimate of drug-likeness (QED) is 0.686. The summed E-state index contributed by atoms with van der Waals surface area (Å²) < 4.78 is 5.16. The number of benzene rings is 3. The average molecular weight is 377 g/mol. The lowest BCUT2D eigenvalue weighted by atomic mass is 10.2. The van der Waals surface area contributed by atoms with Gasteiger partial charge in [0.1, 0.15) is 11.3 Å². The second-order valence-electron chi connectivity index (χ2n) is 5.86. The van der Waals surface area contributed by atoms with Gasteiger partial charge in [-0.1, -0.05) is 48.2 Å². The largest absolute Gasteiger partial charge is 0.507 e. The zero-order valence-corrected chi connectivity index (χ0v) is 15.0. The van der Waals surface area contributed by atoms with E-state index in [2.05, 4.69) is 0 Å². The third kappa shape index (κ3) is 3.27. The van der Waals surface area contributed by atoms with E-state index in [-0.39, 0.29) is 17.2 Å². The lowest BCUT2D eigenvalue weighted by Crippen LogP contribution is -2.32. The van der Waals surface area contributed by atoms with E-state index < -0.39 is 12.6 Å². The maximum atomic E-state index is 12.9. The third-order valence-electron chi connectivity index (χ3n) is 4.13. The number of para-hydroxylation sites is 3. The molecule has 0 bridgehead atoms. The van der Waals surface area contributed by atoms with Gasteiger partial charge in [-0.2, -0.15) is 0 Å². The Morgan fingerprint density at radius 2 is 1.41 bits per heavy atom. The molecule has 0 unspecified atom stereocenters. The summed E-state index contributed by atoms with van der Waals surface area (Å²) in [5.74, 6) is -1.28. The van der Waals surface area contributed by atoms with Crippen LogP contribution in [0.1, 0.15) is 10.4 Å². The Morgan fingerprint density at radius 3 is 2.04 bits per heavy atom. The van der Waals surface area contributed by atoms with Crippen LogP contribution >= 0.6 is 11.8 Å². The van der Waals surface area contributed by atoms with Gasteiger partial charge in [-0.15, -0.1) is 0 Å². The molecular weight excluding hydrogens is 362 g/mol. The second-order valence-corrected chi connectivity index (χ2v) is 6.94. The fourth-order valence-electron chi connectivity index (χ4n) is 2.89. The summed E-state index contributed by atoms with van der Waals surface area (Å²) in [6.07, 6.45) is 0. The van der Waals surface area contributed by atoms with E-state index in [1.165, 1.54) is 12.1 Å². The molecule has 0 aromatic heterocycles. The molecule has 1 aliphatic rings. The molecule has 0 saturated heterocycles. The van der Waals surface area contributed by atoms with E-state index in [9.17, 15) is 14.7 Å². The molecule has 134 valence electrons. The minimum absolute atomic E-state index is 0.0281. The zero-order valence-electron chi connectivity index (χ0n) is 14.2. The molecule has 0 saturated carbocycles. The van der Waals surface area contributed by atoms with Crippen LogP contribution in [0.25, 0.3) is 0 Å². The molecule has 6 heteroatoms. The van der Waals surface area contributed by atoms with Crippen molar-refractivity contribution in [2.24, 2.45) is 0 Å². The molecule has 5 nitrogen and oxygen atoms in total. The Balaban J connectivity index is 1.59. The number of nitrogens with zero attached hydrogens (tertiary/aromatic N) is 1. The number of phenols is 1. The molecule has 1 heterocycles. The first-order valence-electron chi connectivity index (χ1n) is 8.29. The Hall–Kier alpha value is -3.25. The van der Waals surface area contributed by atoms with Gasteiger partial charge in [-0.3, -0.25) is 9.69 Å². The first-order chi connectivity index (χ1) is 13.1. The molecule has 27 heavy (non-hydrogen) atoms. The van der Waals surface area contributed by atoms with E-state index in [1.54, 1.807) is 28.8 Å². The van der Waals surface area contributed by atoms with Crippen molar-refractivity contribution in [2.45, 2.75) is 9.79 Å². The van der Waals surface area contributed by atoms with Gasteiger partial charge in [-0.25, -0.2) is 4.79 Å². The maximum absolute atomic E-state index is 12.9. The van der Waals surface area contributed by atoms with E-state index >= 15 is 0 Å². The number of hydrogen-bond donors (Lipinski definition) is 1. The Bertz CT molecular complexity index is 988. The van der Waals surface area contributed by atoms with Crippen molar-refractivity contribution in [1.29, 1.82) is 0 Å². The summed E-state index contributed by atoms with van der Waals surface area (Å²) in [6, 6.07) is 21.3. The van der Waals surface area contributed by atoms with Gasteiger partial charge in [-0.05, 0) is 36.4 Å². The standard InChI is InChI=1S/C21H15NO4S/c23-17-10-4-1-7-14(17)21(25)26-13-20(24)22-15-8-2-5-11-18(15)27-19-12-6-3-9-16(19)22/h1-12,23H,13H2. The first-order valence-corrected chi connectivity index (χ1v) is 9.11. The summed E-state index contributed by atoms with van der Waals surface area (Å²) in [6.45, 7) is -0.430. The number of rotatable bonds is 3. The molecule has 0 aliphatic carbocycles. The van der Waals surface area contributed by atoms with Crippen LogP contribution < -0.4 is 4.90 Å². The molecule has 1 aliphatic heterocycles. The van der Waals surface area contributed by atoms with Gasteiger partial charge < -0.3 is 9.84 Å². The fourth-order valence-corrected chi connectivity index (χ4v) is 3.95. The fraction of sp³-hybridized carbons (Fsp3) is 0.0476. The van der Waals surface area contributed by atoms with Crippen molar-refractivity contribution < 1.29 is 19.4 Å². The number of fused-ring (bicyclic) bond motifs is 2. The minimum atomic E-state index is -0.741. The topological polar surface area (TPSA) is 66.8 Å². The van der Waals surface area contributed by atoms with Crippen molar-refractivity contribution in [1.82, 2.24) is 0 Å². The lowest BCUT2D eigenvalue weighted by molar-refractivity contribution is -0.121. The van der Waals surface area contributed by atoms with Crippen molar-refractivity contribution in [3.05, 3.63) is 78.4 Å². The van der Waals surface area contributed by atoms with Gasteiger partial charge in [0.2, 0.25) is 0 Å². The molecule has 3 aromatic carbocycles. The van der Waals surface area contributed by atoms with E-state index in [0.717, 1.165) is 21.2 Å². The normalized spacial score (nSPS) is 12.1. The van der Waals surface area contributed by atoms with E-state index in [4.69, 9.17) is 4.74 Å². The smallest absolute Gasteiger partial charge is 0.342 e. The molecule has 1 amide bonds. The predicted octanol–water partition coefficient (Wildman–Crippen LogP) is 4.38. The van der Waals surface area contributed by atoms with Crippen molar-refractivity contribution in [2.75, 3.05) is 11.5 Å². The van der Waals surface area contributed by atoms with Crippen molar-refractivity contribution >= 4 is 35.0 Å². The van der Waals surface area contributed by atoms with Crippen LogP contribution in [-0.4, -0.2) is 23.6 Å². The number of carbonyl (C=O) groups excluding carboxylic acids is 2. The average Bonchev–Trinajstić information content (AvgIpc) is 2.70. The number of aromatic hydroxyl groups is 1. The lowest BCUT2D eigenvalue weighted by Gasteiger charge is -2.30. The van der Waals surface area contributed by atoms with Gasteiger partial charge in [0.25, 0.3) is 5.91 Å². The Kier molecular flexibility index (Phi) is 4.56. The van der Waals surface area contributed by atoms with Crippen LogP contribution in [0.3, 0.4) is 0 Å². The molecule has 0 radical (unpaired) electrons. The summed E-state index contributed by atoms with van der Waals surface area (Å²) in [7, 11) is 0. The number of ether oxygens (including phenoxy) is 1.